The largest absolute Gasteiger partial charge is 0.482 e. The summed E-state index contributed by atoms with van der Waals surface area (Å²) in [5.74, 6) is 0.268. The Morgan fingerprint density at radius 1 is 1.32 bits per heavy atom. The molecule has 106 valence electrons. The van der Waals surface area contributed by atoms with E-state index in [0.29, 0.717) is 28.9 Å². The second-order valence-electron chi connectivity index (χ2n) is 3.91. The molecule has 6 heteroatoms. The first kappa shape index (κ1) is 16.1. The smallest absolute Gasteiger partial charge is 0.257 e. The van der Waals surface area contributed by atoms with Crippen LogP contribution in [0.4, 0.5) is 0 Å². The zero-order valence-electron chi connectivity index (χ0n) is 10.7. The van der Waals surface area contributed by atoms with E-state index in [1.807, 2.05) is 0 Å². The van der Waals surface area contributed by atoms with E-state index in [1.165, 1.54) is 0 Å². The quantitative estimate of drug-likeness (QED) is 0.751. The summed E-state index contributed by atoms with van der Waals surface area (Å²) >= 11 is 11.7. The van der Waals surface area contributed by atoms with E-state index in [9.17, 15) is 4.79 Å². The second kappa shape index (κ2) is 9.02. The molecule has 0 atom stereocenters. The lowest BCUT2D eigenvalue weighted by Crippen LogP contribution is -2.29. The number of benzene rings is 1. The molecule has 0 aliphatic carbocycles. The molecule has 1 amide bonds. The molecule has 0 radical (unpaired) electrons. The monoisotopic (exact) mass is 305 g/mol. The zero-order valence-corrected chi connectivity index (χ0v) is 12.3. The summed E-state index contributed by atoms with van der Waals surface area (Å²) in [7, 11) is 1.66. The summed E-state index contributed by atoms with van der Waals surface area (Å²) in [4.78, 5) is 11.5. The number of hydrogen-bond acceptors (Lipinski definition) is 3. The first-order valence-corrected chi connectivity index (χ1v) is 6.72. The molecule has 0 saturated heterocycles. The molecular formula is C13H17Cl2NO3. The van der Waals surface area contributed by atoms with Gasteiger partial charge in [0.1, 0.15) is 5.75 Å². The third-order valence-corrected chi connectivity index (χ3v) is 2.88. The predicted octanol–water partition coefficient (Wildman–Crippen LogP) is 2.92. The van der Waals surface area contributed by atoms with Crippen LogP contribution in [0.1, 0.15) is 12.8 Å². The Hall–Kier alpha value is -0.970. The summed E-state index contributed by atoms with van der Waals surface area (Å²) in [6.07, 6.45) is 1.79. The molecule has 1 aromatic rings. The van der Waals surface area contributed by atoms with Crippen LogP contribution in [0.2, 0.25) is 10.0 Å². The van der Waals surface area contributed by atoms with Crippen molar-refractivity contribution in [1.82, 2.24) is 5.32 Å². The van der Waals surface area contributed by atoms with Crippen molar-refractivity contribution in [2.45, 2.75) is 12.8 Å². The Labute approximate surface area is 123 Å². The zero-order chi connectivity index (χ0) is 14.1. The molecule has 0 fully saturated rings. The molecular weight excluding hydrogens is 289 g/mol. The van der Waals surface area contributed by atoms with Crippen molar-refractivity contribution in [3.63, 3.8) is 0 Å². The molecule has 0 aliphatic heterocycles. The number of amides is 1. The first-order valence-electron chi connectivity index (χ1n) is 5.97. The molecule has 0 heterocycles. The van der Waals surface area contributed by atoms with E-state index in [0.717, 1.165) is 12.8 Å². The lowest BCUT2D eigenvalue weighted by Gasteiger charge is -2.08. The van der Waals surface area contributed by atoms with Crippen LogP contribution in [0.3, 0.4) is 0 Å². The fourth-order valence-corrected chi connectivity index (χ4v) is 1.85. The van der Waals surface area contributed by atoms with Crippen LogP contribution in [0.25, 0.3) is 0 Å². The van der Waals surface area contributed by atoms with Crippen molar-refractivity contribution in [2.24, 2.45) is 0 Å². The van der Waals surface area contributed by atoms with Gasteiger partial charge >= 0.3 is 0 Å². The van der Waals surface area contributed by atoms with Crippen molar-refractivity contribution in [1.29, 1.82) is 0 Å². The van der Waals surface area contributed by atoms with Crippen LogP contribution in [-0.4, -0.2) is 32.8 Å². The van der Waals surface area contributed by atoms with Crippen LogP contribution >= 0.6 is 23.2 Å². The minimum Gasteiger partial charge on any atom is -0.482 e. The highest BCUT2D eigenvalue weighted by molar-refractivity contribution is 6.35. The van der Waals surface area contributed by atoms with Gasteiger partial charge in [0.2, 0.25) is 0 Å². The Morgan fingerprint density at radius 2 is 2.11 bits per heavy atom. The molecule has 0 spiro atoms. The highest BCUT2D eigenvalue weighted by Crippen LogP contribution is 2.27. The van der Waals surface area contributed by atoms with Gasteiger partial charge in [0.15, 0.2) is 6.61 Å². The Balaban J connectivity index is 2.22. The van der Waals surface area contributed by atoms with Gasteiger partial charge in [-0.05, 0) is 31.0 Å². The third kappa shape index (κ3) is 6.66. The summed E-state index contributed by atoms with van der Waals surface area (Å²) in [6, 6.07) is 4.86. The molecule has 0 aromatic heterocycles. The minimum absolute atomic E-state index is 0.0639. The molecule has 1 rings (SSSR count). The van der Waals surface area contributed by atoms with Crippen molar-refractivity contribution >= 4 is 29.1 Å². The Kier molecular flexibility index (Phi) is 7.63. The van der Waals surface area contributed by atoms with Gasteiger partial charge in [0.05, 0.1) is 5.02 Å². The van der Waals surface area contributed by atoms with Gasteiger partial charge in [0, 0.05) is 25.3 Å². The maximum atomic E-state index is 11.5. The van der Waals surface area contributed by atoms with Gasteiger partial charge in [0.25, 0.3) is 5.91 Å². The fraction of sp³-hybridized carbons (Fsp3) is 0.462. The summed E-state index contributed by atoms with van der Waals surface area (Å²) in [5.41, 5.74) is 0. The predicted molar refractivity (Wildman–Crippen MR) is 76.1 cm³/mol. The van der Waals surface area contributed by atoms with E-state index in [-0.39, 0.29) is 12.5 Å². The van der Waals surface area contributed by atoms with Gasteiger partial charge in [-0.2, -0.15) is 0 Å². The van der Waals surface area contributed by atoms with Crippen molar-refractivity contribution in [2.75, 3.05) is 26.9 Å². The van der Waals surface area contributed by atoms with Crippen molar-refractivity contribution in [3.8, 4) is 5.75 Å². The highest BCUT2D eigenvalue weighted by Gasteiger charge is 2.05. The SMILES string of the molecule is COCCCCNC(=O)COc1ccc(Cl)cc1Cl. The number of carbonyl (C=O) groups is 1. The van der Waals surface area contributed by atoms with Gasteiger partial charge < -0.3 is 14.8 Å². The first-order chi connectivity index (χ1) is 9.13. The number of halogens is 2. The lowest BCUT2D eigenvalue weighted by molar-refractivity contribution is -0.123. The fourth-order valence-electron chi connectivity index (χ4n) is 1.39. The van der Waals surface area contributed by atoms with Crippen LogP contribution in [-0.2, 0) is 9.53 Å². The number of rotatable bonds is 8. The number of hydrogen-bond donors (Lipinski definition) is 1. The third-order valence-electron chi connectivity index (χ3n) is 2.35. The van der Waals surface area contributed by atoms with E-state index < -0.39 is 0 Å². The molecule has 0 unspecified atom stereocenters. The Bertz CT molecular complexity index is 413. The molecule has 0 aliphatic rings. The van der Waals surface area contributed by atoms with Crippen LogP contribution in [0.15, 0.2) is 18.2 Å². The number of unbranched alkanes of at least 4 members (excludes halogenated alkanes) is 1. The second-order valence-corrected chi connectivity index (χ2v) is 4.76. The van der Waals surface area contributed by atoms with Crippen molar-refractivity contribution < 1.29 is 14.3 Å². The van der Waals surface area contributed by atoms with E-state index in [2.05, 4.69) is 5.32 Å². The number of methoxy groups -OCH3 is 1. The maximum absolute atomic E-state index is 11.5. The number of nitrogens with one attached hydrogen (secondary N) is 1. The summed E-state index contributed by atoms with van der Waals surface area (Å²) < 4.78 is 10.2. The molecule has 19 heavy (non-hydrogen) atoms. The van der Waals surface area contributed by atoms with Crippen LogP contribution in [0.5, 0.6) is 5.75 Å². The summed E-state index contributed by atoms with van der Waals surface area (Å²) in [5, 5.41) is 3.67. The Morgan fingerprint density at radius 3 is 2.79 bits per heavy atom. The van der Waals surface area contributed by atoms with Crippen LogP contribution < -0.4 is 10.1 Å². The average molecular weight is 306 g/mol. The van der Waals surface area contributed by atoms with Gasteiger partial charge in [-0.15, -0.1) is 0 Å². The highest BCUT2D eigenvalue weighted by atomic mass is 35.5. The topological polar surface area (TPSA) is 47.6 Å². The molecule has 0 bridgehead atoms. The number of carbonyl (C=O) groups excluding carboxylic acids is 1. The van der Waals surface area contributed by atoms with E-state index in [1.54, 1.807) is 25.3 Å². The van der Waals surface area contributed by atoms with Gasteiger partial charge in [-0.1, -0.05) is 23.2 Å². The lowest BCUT2D eigenvalue weighted by atomic mass is 10.3. The molecule has 1 aromatic carbocycles. The van der Waals surface area contributed by atoms with Gasteiger partial charge in [-0.3, -0.25) is 4.79 Å². The van der Waals surface area contributed by atoms with Crippen molar-refractivity contribution in [3.05, 3.63) is 28.2 Å². The molecule has 4 nitrogen and oxygen atoms in total. The van der Waals surface area contributed by atoms with Gasteiger partial charge in [-0.25, -0.2) is 0 Å². The molecule has 0 saturated carbocycles. The standard InChI is InChI=1S/C13H17Cl2NO3/c1-18-7-3-2-6-16-13(17)9-19-12-5-4-10(14)8-11(12)15/h4-5,8H,2-3,6-7,9H2,1H3,(H,16,17). The van der Waals surface area contributed by atoms with E-state index in [4.69, 9.17) is 32.7 Å². The minimum atomic E-state index is -0.177. The normalized spacial score (nSPS) is 10.3. The van der Waals surface area contributed by atoms with Crippen LogP contribution in [0, 0.1) is 0 Å². The number of ether oxygens (including phenoxy) is 2. The van der Waals surface area contributed by atoms with E-state index >= 15 is 0 Å². The summed E-state index contributed by atoms with van der Waals surface area (Å²) in [6.45, 7) is 1.25. The molecule has 1 N–H and O–H groups in total. The average Bonchev–Trinajstić information content (AvgIpc) is 2.37. The maximum Gasteiger partial charge on any atom is 0.257 e.